The SMILES string of the molecule is Cc1c(F)cccc1NC(C)C(=O)NC1CCCC1. The molecule has 19 heavy (non-hydrogen) atoms. The highest BCUT2D eigenvalue weighted by molar-refractivity contribution is 5.84. The van der Waals surface area contributed by atoms with Crippen LogP contribution >= 0.6 is 0 Å². The van der Waals surface area contributed by atoms with Gasteiger partial charge >= 0.3 is 0 Å². The van der Waals surface area contributed by atoms with Crippen LogP contribution in [0.5, 0.6) is 0 Å². The van der Waals surface area contributed by atoms with Crippen molar-refractivity contribution < 1.29 is 9.18 Å². The Hall–Kier alpha value is -1.58. The molecule has 1 aromatic rings. The molecule has 2 rings (SSSR count). The number of carbonyl (C=O) groups excluding carboxylic acids is 1. The first-order valence-corrected chi connectivity index (χ1v) is 6.90. The highest BCUT2D eigenvalue weighted by Gasteiger charge is 2.20. The summed E-state index contributed by atoms with van der Waals surface area (Å²) in [7, 11) is 0. The highest BCUT2D eigenvalue weighted by atomic mass is 19.1. The molecule has 1 aliphatic rings. The molecule has 1 unspecified atom stereocenters. The Bertz CT molecular complexity index is 455. The minimum Gasteiger partial charge on any atom is -0.374 e. The van der Waals surface area contributed by atoms with E-state index >= 15 is 0 Å². The van der Waals surface area contributed by atoms with Crippen molar-refractivity contribution in [3.63, 3.8) is 0 Å². The number of halogens is 1. The summed E-state index contributed by atoms with van der Waals surface area (Å²) >= 11 is 0. The first kappa shape index (κ1) is 13.8. The Kier molecular flexibility index (Phi) is 4.40. The Morgan fingerprint density at radius 3 is 2.74 bits per heavy atom. The largest absolute Gasteiger partial charge is 0.374 e. The quantitative estimate of drug-likeness (QED) is 0.877. The molecule has 0 saturated heterocycles. The van der Waals surface area contributed by atoms with E-state index in [2.05, 4.69) is 10.6 Å². The van der Waals surface area contributed by atoms with Crippen LogP contribution in [0.2, 0.25) is 0 Å². The maximum absolute atomic E-state index is 13.4. The van der Waals surface area contributed by atoms with Gasteiger partial charge in [-0.1, -0.05) is 18.9 Å². The maximum atomic E-state index is 13.4. The summed E-state index contributed by atoms with van der Waals surface area (Å²) in [6, 6.07) is 4.81. The van der Waals surface area contributed by atoms with Gasteiger partial charge in [0, 0.05) is 17.3 Å². The number of benzene rings is 1. The van der Waals surface area contributed by atoms with Crippen LogP contribution in [-0.2, 0) is 4.79 Å². The third kappa shape index (κ3) is 3.46. The molecule has 0 spiro atoms. The molecule has 1 fully saturated rings. The molecular formula is C15H21FN2O. The summed E-state index contributed by atoms with van der Waals surface area (Å²) in [5.41, 5.74) is 1.22. The van der Waals surface area contributed by atoms with E-state index in [1.165, 1.54) is 18.9 Å². The van der Waals surface area contributed by atoms with E-state index in [0.717, 1.165) is 12.8 Å². The van der Waals surface area contributed by atoms with E-state index < -0.39 is 0 Å². The third-order valence-corrected chi connectivity index (χ3v) is 3.73. The van der Waals surface area contributed by atoms with Crippen molar-refractivity contribution in [2.75, 3.05) is 5.32 Å². The molecule has 1 aliphatic carbocycles. The minimum atomic E-state index is -0.360. The van der Waals surface area contributed by atoms with Crippen molar-refractivity contribution in [2.45, 2.75) is 51.6 Å². The van der Waals surface area contributed by atoms with Gasteiger partial charge in [-0.15, -0.1) is 0 Å². The second-order valence-corrected chi connectivity index (χ2v) is 5.27. The lowest BCUT2D eigenvalue weighted by Crippen LogP contribution is -2.42. The van der Waals surface area contributed by atoms with Crippen LogP contribution in [0.1, 0.15) is 38.2 Å². The van der Waals surface area contributed by atoms with E-state index in [4.69, 9.17) is 0 Å². The van der Waals surface area contributed by atoms with Crippen LogP contribution in [-0.4, -0.2) is 18.0 Å². The predicted octanol–water partition coefficient (Wildman–Crippen LogP) is 2.99. The number of hydrogen-bond acceptors (Lipinski definition) is 2. The van der Waals surface area contributed by atoms with Crippen LogP contribution in [0.25, 0.3) is 0 Å². The van der Waals surface area contributed by atoms with Crippen LogP contribution in [0.3, 0.4) is 0 Å². The zero-order chi connectivity index (χ0) is 13.8. The molecule has 1 amide bonds. The predicted molar refractivity (Wildman–Crippen MR) is 74.6 cm³/mol. The van der Waals surface area contributed by atoms with Gasteiger partial charge in [-0.3, -0.25) is 4.79 Å². The molecule has 104 valence electrons. The topological polar surface area (TPSA) is 41.1 Å². The van der Waals surface area contributed by atoms with Crippen molar-refractivity contribution >= 4 is 11.6 Å². The molecule has 1 aromatic carbocycles. The van der Waals surface area contributed by atoms with Gasteiger partial charge in [0.25, 0.3) is 0 Å². The summed E-state index contributed by atoms with van der Waals surface area (Å²) in [4.78, 5) is 12.0. The molecule has 0 bridgehead atoms. The summed E-state index contributed by atoms with van der Waals surface area (Å²) < 4.78 is 13.4. The molecular weight excluding hydrogens is 243 g/mol. The summed E-state index contributed by atoms with van der Waals surface area (Å²) in [6.07, 6.45) is 4.51. The number of anilines is 1. The molecule has 1 saturated carbocycles. The standard InChI is InChI=1S/C15H21FN2O/c1-10-13(16)8-5-9-14(10)17-11(2)15(19)18-12-6-3-4-7-12/h5,8-9,11-12,17H,3-4,6-7H2,1-2H3,(H,18,19). The normalized spacial score (nSPS) is 17.2. The molecule has 0 radical (unpaired) electrons. The van der Waals surface area contributed by atoms with Crippen molar-refractivity contribution in [3.05, 3.63) is 29.6 Å². The minimum absolute atomic E-state index is 0.0180. The zero-order valence-corrected chi connectivity index (χ0v) is 11.5. The van der Waals surface area contributed by atoms with Gasteiger partial charge in [-0.05, 0) is 38.8 Å². The fourth-order valence-electron chi connectivity index (χ4n) is 2.46. The van der Waals surface area contributed by atoms with Crippen molar-refractivity contribution in [1.82, 2.24) is 5.32 Å². The van der Waals surface area contributed by atoms with E-state index in [-0.39, 0.29) is 17.8 Å². The van der Waals surface area contributed by atoms with Crippen LogP contribution < -0.4 is 10.6 Å². The molecule has 0 aliphatic heterocycles. The molecule has 0 heterocycles. The number of nitrogens with one attached hydrogen (secondary N) is 2. The van der Waals surface area contributed by atoms with Gasteiger partial charge in [0.15, 0.2) is 0 Å². The maximum Gasteiger partial charge on any atom is 0.242 e. The van der Waals surface area contributed by atoms with E-state index in [1.54, 1.807) is 26.0 Å². The first-order valence-electron chi connectivity index (χ1n) is 6.90. The average Bonchev–Trinajstić information content (AvgIpc) is 2.87. The van der Waals surface area contributed by atoms with Gasteiger partial charge in [0.05, 0.1) is 0 Å². The summed E-state index contributed by atoms with van der Waals surface area (Å²) in [5.74, 6) is -0.274. The van der Waals surface area contributed by atoms with E-state index in [0.29, 0.717) is 17.3 Å². The Balaban J connectivity index is 1.94. The lowest BCUT2D eigenvalue weighted by Gasteiger charge is -2.19. The molecule has 4 heteroatoms. The second-order valence-electron chi connectivity index (χ2n) is 5.27. The monoisotopic (exact) mass is 264 g/mol. The zero-order valence-electron chi connectivity index (χ0n) is 11.5. The number of carbonyl (C=O) groups is 1. The molecule has 0 aromatic heterocycles. The Labute approximate surface area is 113 Å². The number of rotatable bonds is 4. The van der Waals surface area contributed by atoms with Gasteiger partial charge in [0.2, 0.25) is 5.91 Å². The van der Waals surface area contributed by atoms with Gasteiger partial charge in [-0.25, -0.2) is 4.39 Å². The second kappa shape index (κ2) is 6.04. The van der Waals surface area contributed by atoms with Gasteiger partial charge < -0.3 is 10.6 Å². The fourth-order valence-corrected chi connectivity index (χ4v) is 2.46. The third-order valence-electron chi connectivity index (χ3n) is 3.73. The van der Waals surface area contributed by atoms with Crippen molar-refractivity contribution in [2.24, 2.45) is 0 Å². The van der Waals surface area contributed by atoms with Crippen molar-refractivity contribution in [3.8, 4) is 0 Å². The lowest BCUT2D eigenvalue weighted by molar-refractivity contribution is -0.122. The van der Waals surface area contributed by atoms with E-state index in [9.17, 15) is 9.18 Å². The molecule has 2 N–H and O–H groups in total. The smallest absolute Gasteiger partial charge is 0.242 e. The molecule has 1 atom stereocenters. The molecule has 3 nitrogen and oxygen atoms in total. The van der Waals surface area contributed by atoms with Crippen LogP contribution in [0.4, 0.5) is 10.1 Å². The van der Waals surface area contributed by atoms with E-state index in [1.807, 2.05) is 0 Å². The summed E-state index contributed by atoms with van der Waals surface area (Å²) in [5, 5.41) is 6.11. The number of amides is 1. The lowest BCUT2D eigenvalue weighted by atomic mass is 10.1. The van der Waals surface area contributed by atoms with Gasteiger partial charge in [0.1, 0.15) is 11.9 Å². The Morgan fingerprint density at radius 2 is 2.05 bits per heavy atom. The fraction of sp³-hybridized carbons (Fsp3) is 0.533. The highest BCUT2D eigenvalue weighted by Crippen LogP contribution is 2.20. The average molecular weight is 264 g/mol. The first-order chi connectivity index (χ1) is 9.08. The Morgan fingerprint density at radius 1 is 1.37 bits per heavy atom. The van der Waals surface area contributed by atoms with Gasteiger partial charge in [-0.2, -0.15) is 0 Å². The van der Waals surface area contributed by atoms with Crippen LogP contribution in [0, 0.1) is 12.7 Å². The van der Waals surface area contributed by atoms with Crippen molar-refractivity contribution in [1.29, 1.82) is 0 Å². The van der Waals surface area contributed by atoms with Crippen LogP contribution in [0.15, 0.2) is 18.2 Å². The number of hydrogen-bond donors (Lipinski definition) is 2. The summed E-state index contributed by atoms with van der Waals surface area (Å²) in [6.45, 7) is 3.51.